The molecule has 0 saturated carbocycles. The van der Waals surface area contributed by atoms with Crippen molar-refractivity contribution in [2.45, 2.75) is 0 Å². The van der Waals surface area contributed by atoms with Crippen molar-refractivity contribution in [1.82, 2.24) is 0 Å². The van der Waals surface area contributed by atoms with Crippen LogP contribution in [0.5, 0.6) is 0 Å². The molecule has 0 fully saturated rings. The summed E-state index contributed by atoms with van der Waals surface area (Å²) >= 11 is 0. The Morgan fingerprint density at radius 3 is 1.55 bits per heavy atom. The van der Waals surface area contributed by atoms with Crippen molar-refractivity contribution in [3.05, 3.63) is 145 Å². The van der Waals surface area contributed by atoms with Crippen LogP contribution in [0.1, 0.15) is 5.56 Å². The fourth-order valence-electron chi connectivity index (χ4n) is 6.50. The fourth-order valence-corrected chi connectivity index (χ4v) is 6.50. The highest BCUT2D eigenvalue weighted by Gasteiger charge is 2.21. The van der Waals surface area contributed by atoms with Gasteiger partial charge >= 0.3 is 0 Å². The zero-order valence-corrected chi connectivity index (χ0v) is 23.5. The lowest BCUT2D eigenvalue weighted by Gasteiger charge is -2.09. The Bertz CT molecular complexity index is 2520. The smallest absolute Gasteiger partial charge is 0.147 e. The summed E-state index contributed by atoms with van der Waals surface area (Å²) in [4.78, 5) is 0. The van der Waals surface area contributed by atoms with Crippen molar-refractivity contribution in [3.63, 3.8) is 0 Å². The topological polar surface area (TPSA) is 50.1 Å². The molecular weight excluding hydrogens is 538 g/mol. The van der Waals surface area contributed by atoms with E-state index in [1.165, 1.54) is 0 Å². The molecule has 0 aliphatic heterocycles. The number of hydrogen-bond acceptors (Lipinski definition) is 3. The maximum absolute atomic E-state index is 9.26. The zero-order valence-electron chi connectivity index (χ0n) is 23.5. The summed E-state index contributed by atoms with van der Waals surface area (Å²) in [6.07, 6.45) is 0. The van der Waals surface area contributed by atoms with Gasteiger partial charge in [-0.2, -0.15) is 5.26 Å². The van der Waals surface area contributed by atoms with Crippen molar-refractivity contribution in [1.29, 1.82) is 5.26 Å². The lowest BCUT2D eigenvalue weighted by molar-refractivity contribution is 0.658. The normalized spacial score (nSPS) is 11.6. The molecule has 44 heavy (non-hydrogen) atoms. The first kappa shape index (κ1) is 24.5. The molecule has 0 unspecified atom stereocenters. The molecule has 0 amide bonds. The molecule has 0 aliphatic rings. The van der Waals surface area contributed by atoms with Gasteiger partial charge in [0.05, 0.1) is 17.2 Å². The van der Waals surface area contributed by atoms with Crippen LogP contribution in [0.4, 0.5) is 0 Å². The van der Waals surface area contributed by atoms with Crippen LogP contribution in [0.15, 0.2) is 148 Å². The second-order valence-corrected chi connectivity index (χ2v) is 11.2. The van der Waals surface area contributed by atoms with E-state index < -0.39 is 0 Å². The first-order chi connectivity index (χ1) is 21.7. The quantitative estimate of drug-likeness (QED) is 0.216. The number of hydrogen-bond donors (Lipinski definition) is 0. The van der Waals surface area contributed by atoms with Gasteiger partial charge in [0, 0.05) is 21.5 Å². The van der Waals surface area contributed by atoms with Gasteiger partial charge in [-0.25, -0.2) is 0 Å². The first-order valence-corrected chi connectivity index (χ1v) is 14.6. The molecule has 0 spiro atoms. The number of nitrogens with zero attached hydrogens (tertiary/aromatic N) is 1. The number of benzene rings is 7. The van der Waals surface area contributed by atoms with Crippen LogP contribution in [-0.2, 0) is 0 Å². The number of furan rings is 2. The highest BCUT2D eigenvalue weighted by Crippen LogP contribution is 2.45. The molecule has 0 N–H and O–H groups in total. The summed E-state index contributed by atoms with van der Waals surface area (Å²) < 4.78 is 13.0. The predicted molar refractivity (Wildman–Crippen MR) is 180 cm³/mol. The molecule has 9 aromatic rings. The van der Waals surface area contributed by atoms with Crippen LogP contribution in [0.3, 0.4) is 0 Å². The van der Waals surface area contributed by atoms with Gasteiger partial charge in [-0.3, -0.25) is 0 Å². The predicted octanol–water partition coefficient (Wildman–Crippen LogP) is 11.5. The maximum Gasteiger partial charge on any atom is 0.147 e. The standard InChI is InChI=1S/C41H23NO2/c42-24-25-6-5-7-28(20-25)26-12-14-27(15-13-26)29-16-17-31-22-32(19-18-30(31)21-29)39-40-35(33-8-1-3-10-37(33)43-40)23-36-34-9-2-4-11-38(34)44-41(36)39/h1-23H. The Kier molecular flexibility index (Phi) is 5.26. The molecular formula is C41H23NO2. The second-order valence-electron chi connectivity index (χ2n) is 11.2. The van der Waals surface area contributed by atoms with Crippen LogP contribution in [-0.4, -0.2) is 0 Å². The minimum absolute atomic E-state index is 0.665. The molecule has 0 radical (unpaired) electrons. The van der Waals surface area contributed by atoms with Crippen molar-refractivity contribution in [2.75, 3.05) is 0 Å². The SMILES string of the molecule is N#Cc1cccc(-c2ccc(-c3ccc4cc(-c5c6oc7ccccc7c6cc6c5oc5ccccc56)ccc4c3)cc2)c1. The van der Waals surface area contributed by atoms with E-state index in [0.717, 1.165) is 88.0 Å². The third-order valence-corrected chi connectivity index (χ3v) is 8.68. The van der Waals surface area contributed by atoms with Crippen LogP contribution < -0.4 is 0 Å². The lowest BCUT2D eigenvalue weighted by atomic mass is 9.94. The summed E-state index contributed by atoms with van der Waals surface area (Å²) in [7, 11) is 0. The monoisotopic (exact) mass is 561 g/mol. The Morgan fingerprint density at radius 1 is 0.409 bits per heavy atom. The summed E-state index contributed by atoms with van der Waals surface area (Å²) in [5, 5.41) is 16.0. The van der Waals surface area contributed by atoms with E-state index in [4.69, 9.17) is 8.83 Å². The first-order valence-electron chi connectivity index (χ1n) is 14.6. The van der Waals surface area contributed by atoms with Crippen molar-refractivity contribution < 1.29 is 8.83 Å². The number of fused-ring (bicyclic) bond motifs is 7. The molecule has 2 heterocycles. The molecule has 0 aliphatic carbocycles. The van der Waals surface area contributed by atoms with Gasteiger partial charge < -0.3 is 8.83 Å². The van der Waals surface area contributed by atoms with Crippen LogP contribution >= 0.6 is 0 Å². The van der Waals surface area contributed by atoms with Gasteiger partial charge in [-0.05, 0) is 81.1 Å². The van der Waals surface area contributed by atoms with E-state index in [1.54, 1.807) is 0 Å². The van der Waals surface area contributed by atoms with Gasteiger partial charge in [0.2, 0.25) is 0 Å². The van der Waals surface area contributed by atoms with Gasteiger partial charge in [-0.15, -0.1) is 0 Å². The fraction of sp³-hybridized carbons (Fsp3) is 0. The number of rotatable bonds is 3. The summed E-state index contributed by atoms with van der Waals surface area (Å²) in [6, 6.07) is 50.3. The zero-order chi connectivity index (χ0) is 29.2. The van der Waals surface area contributed by atoms with Crippen molar-refractivity contribution in [2.24, 2.45) is 0 Å². The van der Waals surface area contributed by atoms with Gasteiger partial charge in [0.25, 0.3) is 0 Å². The second kappa shape index (κ2) is 9.46. The lowest BCUT2D eigenvalue weighted by Crippen LogP contribution is -1.84. The third-order valence-electron chi connectivity index (χ3n) is 8.68. The van der Waals surface area contributed by atoms with Crippen LogP contribution in [0.25, 0.3) is 88.0 Å². The van der Waals surface area contributed by atoms with E-state index in [9.17, 15) is 5.26 Å². The van der Waals surface area contributed by atoms with Crippen molar-refractivity contribution in [3.8, 4) is 39.4 Å². The summed E-state index contributed by atoms with van der Waals surface area (Å²) in [5.41, 5.74) is 10.6. The van der Waals surface area contributed by atoms with E-state index in [1.807, 2.05) is 48.5 Å². The van der Waals surface area contributed by atoms with Crippen LogP contribution in [0.2, 0.25) is 0 Å². The summed E-state index contributed by atoms with van der Waals surface area (Å²) in [6.45, 7) is 0. The average molecular weight is 562 g/mol. The molecule has 0 atom stereocenters. The van der Waals surface area contributed by atoms with E-state index in [2.05, 4.69) is 97.1 Å². The highest BCUT2D eigenvalue weighted by atomic mass is 16.3. The third kappa shape index (κ3) is 3.75. The number of para-hydroxylation sites is 2. The highest BCUT2D eigenvalue weighted by molar-refractivity contribution is 6.22. The molecule has 2 aromatic heterocycles. The minimum atomic E-state index is 0.665. The molecule has 0 saturated heterocycles. The Balaban J connectivity index is 1.17. The largest absolute Gasteiger partial charge is 0.455 e. The molecule has 3 heteroatoms. The molecule has 0 bridgehead atoms. The maximum atomic E-state index is 9.26. The molecule has 3 nitrogen and oxygen atoms in total. The summed E-state index contributed by atoms with van der Waals surface area (Å²) in [5.74, 6) is 0. The minimum Gasteiger partial charge on any atom is -0.455 e. The van der Waals surface area contributed by atoms with Gasteiger partial charge in [0.15, 0.2) is 0 Å². The van der Waals surface area contributed by atoms with Crippen molar-refractivity contribution >= 4 is 54.6 Å². The molecule has 204 valence electrons. The Labute approximate surface area is 252 Å². The van der Waals surface area contributed by atoms with E-state index >= 15 is 0 Å². The van der Waals surface area contributed by atoms with Crippen LogP contribution in [0, 0.1) is 11.3 Å². The van der Waals surface area contributed by atoms with Gasteiger partial charge in [0.1, 0.15) is 22.3 Å². The van der Waals surface area contributed by atoms with E-state index in [0.29, 0.717) is 5.56 Å². The molecule has 9 rings (SSSR count). The van der Waals surface area contributed by atoms with E-state index in [-0.39, 0.29) is 0 Å². The Morgan fingerprint density at radius 2 is 0.932 bits per heavy atom. The number of nitriles is 1. The average Bonchev–Trinajstić information content (AvgIpc) is 3.65. The Hall–Kier alpha value is -6.11. The molecule has 7 aromatic carbocycles. The van der Waals surface area contributed by atoms with Gasteiger partial charge in [-0.1, -0.05) is 97.1 Å².